The molecule has 0 aliphatic carbocycles. The number of fused-ring (bicyclic) bond motifs is 1. The lowest BCUT2D eigenvalue weighted by atomic mass is 10.1. The topological polar surface area (TPSA) is 47.0 Å². The quantitative estimate of drug-likeness (QED) is 0.486. The smallest absolute Gasteiger partial charge is 0.208 e. The molecule has 0 amide bonds. The second-order valence-electron chi connectivity index (χ2n) is 6.71. The lowest BCUT2D eigenvalue weighted by Crippen LogP contribution is -2.06. The number of para-hydroxylation sites is 1. The third kappa shape index (κ3) is 3.24. The van der Waals surface area contributed by atoms with Gasteiger partial charge in [-0.2, -0.15) is 0 Å². The number of hydrogen-bond acceptors (Lipinski definition) is 3. The third-order valence-electron chi connectivity index (χ3n) is 4.63. The van der Waals surface area contributed by atoms with Gasteiger partial charge in [0, 0.05) is 10.9 Å². The lowest BCUT2D eigenvalue weighted by Gasteiger charge is -2.12. The summed E-state index contributed by atoms with van der Waals surface area (Å²) >= 11 is 0. The summed E-state index contributed by atoms with van der Waals surface area (Å²) in [6.07, 6.45) is 0. The first-order valence-corrected chi connectivity index (χ1v) is 10.2. The van der Waals surface area contributed by atoms with Crippen LogP contribution in [0.2, 0.25) is 0 Å². The predicted molar refractivity (Wildman–Crippen MR) is 109 cm³/mol. The van der Waals surface area contributed by atoms with Crippen molar-refractivity contribution in [3.63, 3.8) is 0 Å². The molecule has 3 nitrogen and oxygen atoms in total. The number of pyridine rings is 1. The molecule has 0 saturated heterocycles. The maximum Gasteiger partial charge on any atom is 0.208 e. The van der Waals surface area contributed by atoms with Gasteiger partial charge in [0.25, 0.3) is 0 Å². The summed E-state index contributed by atoms with van der Waals surface area (Å²) in [5.41, 5.74) is 4.18. The van der Waals surface area contributed by atoms with Gasteiger partial charge in [0.05, 0.1) is 21.0 Å². The second kappa shape index (κ2) is 6.63. The van der Waals surface area contributed by atoms with Gasteiger partial charge in [-0.3, -0.25) is 0 Å². The molecule has 4 heteroatoms. The molecule has 0 atom stereocenters. The first-order chi connectivity index (χ1) is 12.9. The van der Waals surface area contributed by atoms with Crippen molar-refractivity contribution in [1.29, 1.82) is 0 Å². The molecule has 27 heavy (non-hydrogen) atoms. The van der Waals surface area contributed by atoms with E-state index >= 15 is 0 Å². The number of rotatable bonds is 3. The number of nitrogens with zero attached hydrogens (tertiary/aromatic N) is 1. The Morgan fingerprint density at radius 3 is 2.00 bits per heavy atom. The molecule has 0 unspecified atom stereocenters. The van der Waals surface area contributed by atoms with Gasteiger partial charge in [-0.1, -0.05) is 65.7 Å². The highest BCUT2D eigenvalue weighted by Crippen LogP contribution is 2.33. The molecule has 0 saturated carbocycles. The summed E-state index contributed by atoms with van der Waals surface area (Å²) in [6, 6.07) is 24.0. The summed E-state index contributed by atoms with van der Waals surface area (Å²) < 4.78 is 26.8. The maximum absolute atomic E-state index is 13.4. The Bertz CT molecular complexity index is 1230. The van der Waals surface area contributed by atoms with Gasteiger partial charge in [-0.25, -0.2) is 13.4 Å². The maximum atomic E-state index is 13.4. The SMILES string of the molecule is Cc1ccc(-c2nc3ccccc3cc2S(=O)(=O)c2ccc(C)cc2)cc1. The van der Waals surface area contributed by atoms with Crippen LogP contribution in [-0.4, -0.2) is 13.4 Å². The van der Waals surface area contributed by atoms with E-state index in [4.69, 9.17) is 4.98 Å². The Morgan fingerprint density at radius 1 is 0.741 bits per heavy atom. The predicted octanol–water partition coefficient (Wildman–Crippen LogP) is 5.35. The van der Waals surface area contributed by atoms with Crippen LogP contribution in [0.1, 0.15) is 11.1 Å². The largest absolute Gasteiger partial charge is 0.246 e. The van der Waals surface area contributed by atoms with E-state index in [0.29, 0.717) is 5.69 Å². The van der Waals surface area contributed by atoms with E-state index in [0.717, 1.165) is 27.6 Å². The zero-order valence-electron chi connectivity index (χ0n) is 15.2. The molecule has 0 fully saturated rings. The number of aromatic nitrogens is 1. The first kappa shape index (κ1) is 17.4. The van der Waals surface area contributed by atoms with Crippen molar-refractivity contribution in [1.82, 2.24) is 4.98 Å². The summed E-state index contributed by atoms with van der Waals surface area (Å²) in [5.74, 6) is 0. The summed E-state index contributed by atoms with van der Waals surface area (Å²) in [6.45, 7) is 3.94. The van der Waals surface area contributed by atoms with Gasteiger partial charge in [0.15, 0.2) is 0 Å². The average Bonchev–Trinajstić information content (AvgIpc) is 2.68. The molecule has 134 valence electrons. The van der Waals surface area contributed by atoms with Crippen LogP contribution in [0.5, 0.6) is 0 Å². The van der Waals surface area contributed by atoms with Gasteiger partial charge >= 0.3 is 0 Å². The molecule has 0 radical (unpaired) electrons. The number of benzene rings is 3. The average molecular weight is 373 g/mol. The van der Waals surface area contributed by atoms with Gasteiger partial charge in [0.2, 0.25) is 9.84 Å². The molecule has 0 bridgehead atoms. The van der Waals surface area contributed by atoms with Crippen LogP contribution in [-0.2, 0) is 9.84 Å². The van der Waals surface area contributed by atoms with E-state index in [9.17, 15) is 8.42 Å². The van der Waals surface area contributed by atoms with Gasteiger partial charge in [-0.15, -0.1) is 0 Å². The van der Waals surface area contributed by atoms with Crippen molar-refractivity contribution in [2.75, 3.05) is 0 Å². The Labute approximate surface area is 159 Å². The minimum Gasteiger partial charge on any atom is -0.246 e. The van der Waals surface area contributed by atoms with Crippen molar-refractivity contribution in [2.45, 2.75) is 23.6 Å². The minimum absolute atomic E-state index is 0.230. The fourth-order valence-electron chi connectivity index (χ4n) is 3.06. The minimum atomic E-state index is -3.70. The molecule has 0 spiro atoms. The molecular formula is C23H19NO2S. The lowest BCUT2D eigenvalue weighted by molar-refractivity contribution is 0.596. The number of sulfone groups is 1. The van der Waals surface area contributed by atoms with E-state index in [1.54, 1.807) is 18.2 Å². The summed E-state index contributed by atoms with van der Waals surface area (Å²) in [5, 5.41) is 0.805. The molecule has 0 aliphatic heterocycles. The number of aryl methyl sites for hydroxylation is 2. The van der Waals surface area contributed by atoms with Crippen molar-refractivity contribution in [3.8, 4) is 11.3 Å². The van der Waals surface area contributed by atoms with Crippen LogP contribution < -0.4 is 0 Å². The molecule has 0 aliphatic rings. The Hall–Kier alpha value is -2.98. The molecule has 4 aromatic rings. The van der Waals surface area contributed by atoms with Crippen molar-refractivity contribution in [3.05, 3.63) is 90.0 Å². The van der Waals surface area contributed by atoms with Crippen molar-refractivity contribution >= 4 is 20.7 Å². The zero-order valence-corrected chi connectivity index (χ0v) is 16.0. The third-order valence-corrected chi connectivity index (χ3v) is 6.42. The molecule has 4 rings (SSSR count). The van der Waals surface area contributed by atoms with E-state index < -0.39 is 9.84 Å². The highest BCUT2D eigenvalue weighted by atomic mass is 32.2. The van der Waals surface area contributed by atoms with Crippen LogP contribution in [0.4, 0.5) is 0 Å². The van der Waals surface area contributed by atoms with E-state index in [1.807, 2.05) is 74.5 Å². The zero-order chi connectivity index (χ0) is 19.0. The highest BCUT2D eigenvalue weighted by molar-refractivity contribution is 7.91. The van der Waals surface area contributed by atoms with Crippen molar-refractivity contribution in [2.24, 2.45) is 0 Å². The Morgan fingerprint density at radius 2 is 1.33 bits per heavy atom. The molecule has 3 aromatic carbocycles. The summed E-state index contributed by atoms with van der Waals surface area (Å²) in [7, 11) is -3.70. The molecule has 1 heterocycles. The van der Waals surface area contributed by atoms with Gasteiger partial charge in [-0.05, 0) is 38.1 Å². The normalized spacial score (nSPS) is 11.6. The van der Waals surface area contributed by atoms with E-state index in [1.165, 1.54) is 0 Å². The molecule has 0 N–H and O–H groups in total. The van der Waals surface area contributed by atoms with Crippen LogP contribution in [0.25, 0.3) is 22.2 Å². The standard InChI is InChI=1S/C23H19NO2S/c1-16-7-11-18(12-8-16)23-22(15-19-5-3-4-6-21(19)24-23)27(25,26)20-13-9-17(2)10-14-20/h3-15H,1-2H3. The van der Waals surface area contributed by atoms with E-state index in [-0.39, 0.29) is 9.79 Å². The van der Waals surface area contributed by atoms with Crippen LogP contribution in [0, 0.1) is 13.8 Å². The number of hydrogen-bond donors (Lipinski definition) is 0. The highest BCUT2D eigenvalue weighted by Gasteiger charge is 2.24. The first-order valence-electron chi connectivity index (χ1n) is 8.74. The van der Waals surface area contributed by atoms with E-state index in [2.05, 4.69) is 0 Å². The Kier molecular flexibility index (Phi) is 4.28. The van der Waals surface area contributed by atoms with Gasteiger partial charge < -0.3 is 0 Å². The van der Waals surface area contributed by atoms with Crippen LogP contribution >= 0.6 is 0 Å². The fraction of sp³-hybridized carbons (Fsp3) is 0.0870. The molecular weight excluding hydrogens is 354 g/mol. The fourth-order valence-corrected chi connectivity index (χ4v) is 4.51. The summed E-state index contributed by atoms with van der Waals surface area (Å²) in [4.78, 5) is 5.21. The monoisotopic (exact) mass is 373 g/mol. The van der Waals surface area contributed by atoms with Crippen LogP contribution in [0.15, 0.2) is 88.7 Å². The van der Waals surface area contributed by atoms with Gasteiger partial charge in [0.1, 0.15) is 0 Å². The second-order valence-corrected chi connectivity index (χ2v) is 8.63. The van der Waals surface area contributed by atoms with Crippen LogP contribution in [0.3, 0.4) is 0 Å². The Balaban J connectivity index is 2.01. The molecule has 1 aromatic heterocycles. The van der Waals surface area contributed by atoms with Crippen molar-refractivity contribution < 1.29 is 8.42 Å².